The second-order valence-electron chi connectivity index (χ2n) is 4.94. The molecule has 19 heavy (non-hydrogen) atoms. The fourth-order valence-electron chi connectivity index (χ4n) is 2.70. The van der Waals surface area contributed by atoms with Crippen LogP contribution in [0.4, 0.5) is 0 Å². The van der Waals surface area contributed by atoms with Crippen LogP contribution in [0.2, 0.25) is 0 Å². The predicted octanol–water partition coefficient (Wildman–Crippen LogP) is 2.15. The van der Waals surface area contributed by atoms with Crippen molar-refractivity contribution in [3.8, 4) is 0 Å². The molecule has 1 N–H and O–H groups in total. The molecule has 1 atom stereocenters. The molecule has 1 aromatic rings. The number of hydrogen-bond acceptors (Lipinski definition) is 3. The summed E-state index contributed by atoms with van der Waals surface area (Å²) in [7, 11) is 0. The highest BCUT2D eigenvalue weighted by Gasteiger charge is 2.49. The van der Waals surface area contributed by atoms with Crippen molar-refractivity contribution in [1.29, 1.82) is 0 Å². The lowest BCUT2D eigenvalue weighted by Crippen LogP contribution is -2.69. The van der Waals surface area contributed by atoms with Crippen LogP contribution in [0.5, 0.6) is 0 Å². The van der Waals surface area contributed by atoms with Crippen molar-refractivity contribution in [3.05, 3.63) is 22.4 Å². The van der Waals surface area contributed by atoms with E-state index in [9.17, 15) is 9.59 Å². The van der Waals surface area contributed by atoms with Crippen LogP contribution >= 0.6 is 11.3 Å². The molecular formula is C14H20N2O2S. The Labute approximate surface area is 117 Å². The number of nitrogens with zero attached hydrogens (tertiary/aromatic N) is 1. The number of carbonyl (C=O) groups excluding carboxylic acids is 2. The van der Waals surface area contributed by atoms with E-state index < -0.39 is 11.6 Å². The van der Waals surface area contributed by atoms with E-state index in [0.29, 0.717) is 19.4 Å². The summed E-state index contributed by atoms with van der Waals surface area (Å²) in [5, 5.41) is 4.80. The average Bonchev–Trinajstić information content (AvgIpc) is 2.90. The molecule has 2 amide bonds. The van der Waals surface area contributed by atoms with Gasteiger partial charge in [0.25, 0.3) is 0 Å². The van der Waals surface area contributed by atoms with Gasteiger partial charge in [0.1, 0.15) is 11.6 Å². The molecule has 0 aliphatic carbocycles. The van der Waals surface area contributed by atoms with Gasteiger partial charge in [0, 0.05) is 4.88 Å². The third-order valence-electron chi connectivity index (χ3n) is 3.99. The SMILES string of the molecule is CCC1(CC)C(=O)NC(C)C(=O)N1Cc1cccs1. The van der Waals surface area contributed by atoms with Crippen LogP contribution in [0.1, 0.15) is 38.5 Å². The number of amides is 2. The second kappa shape index (κ2) is 5.33. The molecule has 104 valence electrons. The van der Waals surface area contributed by atoms with Crippen molar-refractivity contribution in [2.45, 2.75) is 51.7 Å². The van der Waals surface area contributed by atoms with E-state index in [2.05, 4.69) is 5.32 Å². The summed E-state index contributed by atoms with van der Waals surface area (Å²) in [5.41, 5.74) is -0.701. The zero-order valence-corrected chi connectivity index (χ0v) is 12.4. The monoisotopic (exact) mass is 280 g/mol. The molecule has 5 heteroatoms. The molecule has 1 unspecified atom stereocenters. The number of hydrogen-bond donors (Lipinski definition) is 1. The zero-order valence-electron chi connectivity index (χ0n) is 11.6. The van der Waals surface area contributed by atoms with E-state index in [1.165, 1.54) is 0 Å². The van der Waals surface area contributed by atoms with E-state index in [4.69, 9.17) is 0 Å². The lowest BCUT2D eigenvalue weighted by Gasteiger charge is -2.46. The summed E-state index contributed by atoms with van der Waals surface area (Å²) in [5.74, 6) is -0.0159. The van der Waals surface area contributed by atoms with Gasteiger partial charge in [0.15, 0.2) is 0 Å². The normalized spacial score (nSPS) is 22.5. The van der Waals surface area contributed by atoms with Gasteiger partial charge in [0.2, 0.25) is 11.8 Å². The minimum absolute atomic E-state index is 0.0108. The Bertz CT molecular complexity index is 466. The van der Waals surface area contributed by atoms with Crippen molar-refractivity contribution in [3.63, 3.8) is 0 Å². The lowest BCUT2D eigenvalue weighted by molar-refractivity contribution is -0.158. The summed E-state index contributed by atoms with van der Waals surface area (Å²) in [4.78, 5) is 27.7. The molecule has 1 saturated heterocycles. The first-order chi connectivity index (χ1) is 9.05. The first-order valence-electron chi connectivity index (χ1n) is 6.70. The lowest BCUT2D eigenvalue weighted by atomic mass is 9.86. The van der Waals surface area contributed by atoms with E-state index in [1.807, 2.05) is 31.4 Å². The van der Waals surface area contributed by atoms with Crippen molar-refractivity contribution < 1.29 is 9.59 Å². The van der Waals surface area contributed by atoms with Gasteiger partial charge in [-0.3, -0.25) is 9.59 Å². The molecule has 0 aromatic carbocycles. The van der Waals surface area contributed by atoms with Crippen LogP contribution in [-0.2, 0) is 16.1 Å². The quantitative estimate of drug-likeness (QED) is 0.918. The Hall–Kier alpha value is -1.36. The smallest absolute Gasteiger partial charge is 0.246 e. The minimum Gasteiger partial charge on any atom is -0.343 e. The Morgan fingerprint density at radius 2 is 2.05 bits per heavy atom. The van der Waals surface area contributed by atoms with E-state index in [1.54, 1.807) is 23.2 Å². The first-order valence-corrected chi connectivity index (χ1v) is 7.58. The summed E-state index contributed by atoms with van der Waals surface area (Å²) in [6, 6.07) is 3.54. The second-order valence-corrected chi connectivity index (χ2v) is 5.97. The van der Waals surface area contributed by atoms with Gasteiger partial charge in [0.05, 0.1) is 6.54 Å². The predicted molar refractivity (Wildman–Crippen MR) is 75.8 cm³/mol. The van der Waals surface area contributed by atoms with Gasteiger partial charge in [-0.1, -0.05) is 19.9 Å². The van der Waals surface area contributed by atoms with Crippen LogP contribution in [0.25, 0.3) is 0 Å². The van der Waals surface area contributed by atoms with Crippen molar-refractivity contribution in [2.75, 3.05) is 0 Å². The van der Waals surface area contributed by atoms with Crippen molar-refractivity contribution >= 4 is 23.2 Å². The molecule has 1 aliphatic rings. The molecule has 1 fully saturated rings. The number of nitrogens with one attached hydrogen (secondary N) is 1. The van der Waals surface area contributed by atoms with Gasteiger partial charge in [-0.15, -0.1) is 11.3 Å². The molecule has 4 nitrogen and oxygen atoms in total. The van der Waals surface area contributed by atoms with Gasteiger partial charge in [-0.2, -0.15) is 0 Å². The van der Waals surface area contributed by atoms with Crippen LogP contribution in [-0.4, -0.2) is 28.3 Å². The maximum atomic E-state index is 12.4. The summed E-state index contributed by atoms with van der Waals surface area (Å²) in [6.45, 7) is 6.20. The highest BCUT2D eigenvalue weighted by molar-refractivity contribution is 7.09. The maximum absolute atomic E-state index is 12.4. The molecule has 2 heterocycles. The number of piperazine rings is 1. The molecule has 0 spiro atoms. The zero-order chi connectivity index (χ0) is 14.0. The largest absolute Gasteiger partial charge is 0.343 e. The van der Waals surface area contributed by atoms with E-state index in [0.717, 1.165) is 4.88 Å². The molecule has 1 aliphatic heterocycles. The summed E-state index contributed by atoms with van der Waals surface area (Å²) >= 11 is 1.62. The molecule has 1 aromatic heterocycles. The van der Waals surface area contributed by atoms with Crippen LogP contribution in [0.3, 0.4) is 0 Å². The Morgan fingerprint density at radius 3 is 2.58 bits per heavy atom. The molecule has 0 radical (unpaired) electrons. The molecule has 0 saturated carbocycles. The molecule has 2 rings (SSSR count). The Balaban J connectivity index is 2.36. The molecular weight excluding hydrogens is 260 g/mol. The van der Waals surface area contributed by atoms with Gasteiger partial charge >= 0.3 is 0 Å². The standard InChI is InChI=1S/C14H20N2O2S/c1-4-14(5-2)13(18)15-10(3)12(17)16(14)9-11-7-6-8-19-11/h6-8,10H,4-5,9H2,1-3H3,(H,15,18). The number of carbonyl (C=O) groups is 2. The summed E-state index contributed by atoms with van der Waals surface area (Å²) < 4.78 is 0. The van der Waals surface area contributed by atoms with Gasteiger partial charge in [-0.25, -0.2) is 0 Å². The third-order valence-corrected chi connectivity index (χ3v) is 4.85. The van der Waals surface area contributed by atoms with Crippen molar-refractivity contribution in [2.24, 2.45) is 0 Å². The van der Waals surface area contributed by atoms with Gasteiger partial charge in [-0.05, 0) is 31.2 Å². The van der Waals surface area contributed by atoms with E-state index in [-0.39, 0.29) is 11.8 Å². The maximum Gasteiger partial charge on any atom is 0.246 e. The van der Waals surface area contributed by atoms with Crippen LogP contribution < -0.4 is 5.32 Å². The number of rotatable bonds is 4. The highest BCUT2D eigenvalue weighted by atomic mass is 32.1. The van der Waals surface area contributed by atoms with E-state index >= 15 is 0 Å². The number of thiophene rings is 1. The Kier molecular flexibility index (Phi) is 3.94. The Morgan fingerprint density at radius 1 is 1.37 bits per heavy atom. The first kappa shape index (κ1) is 14.1. The fourth-order valence-corrected chi connectivity index (χ4v) is 3.39. The van der Waals surface area contributed by atoms with Crippen molar-refractivity contribution in [1.82, 2.24) is 10.2 Å². The minimum atomic E-state index is -0.701. The fraction of sp³-hybridized carbons (Fsp3) is 0.571. The van der Waals surface area contributed by atoms with Crippen LogP contribution in [0, 0.1) is 0 Å². The topological polar surface area (TPSA) is 49.4 Å². The summed E-state index contributed by atoms with van der Waals surface area (Å²) in [6.07, 6.45) is 1.28. The average molecular weight is 280 g/mol. The van der Waals surface area contributed by atoms with Crippen LogP contribution in [0.15, 0.2) is 17.5 Å². The highest BCUT2D eigenvalue weighted by Crippen LogP contribution is 2.31. The third kappa shape index (κ3) is 2.27. The molecule has 0 bridgehead atoms. The van der Waals surface area contributed by atoms with Gasteiger partial charge < -0.3 is 10.2 Å².